The summed E-state index contributed by atoms with van der Waals surface area (Å²) in [7, 11) is 1.78. The van der Waals surface area contributed by atoms with E-state index in [1.807, 2.05) is 6.08 Å². The zero-order valence-electron chi connectivity index (χ0n) is 10.1. The lowest BCUT2D eigenvalue weighted by Crippen LogP contribution is -2.27. The number of nitrogens with zero attached hydrogens (tertiary/aromatic N) is 2. The molecule has 0 spiro atoms. The Bertz CT molecular complexity index is 462. The third-order valence-corrected chi connectivity index (χ3v) is 3.03. The number of anilines is 1. The van der Waals surface area contributed by atoms with Gasteiger partial charge in [-0.15, -0.1) is 0 Å². The van der Waals surface area contributed by atoms with E-state index in [9.17, 15) is 0 Å². The van der Waals surface area contributed by atoms with Gasteiger partial charge in [0.05, 0.1) is 0 Å². The highest BCUT2D eigenvalue weighted by molar-refractivity contribution is 6.06. The number of hydrogen-bond donors (Lipinski definition) is 2. The summed E-state index contributed by atoms with van der Waals surface area (Å²) in [6, 6.07) is 6.35. The molecule has 0 unspecified atom stereocenters. The van der Waals surface area contributed by atoms with Gasteiger partial charge in [-0.2, -0.15) is 0 Å². The molecule has 2 rings (SSSR count). The molecule has 0 radical (unpaired) electrons. The largest absolute Gasteiger partial charge is 0.404 e. The predicted molar refractivity (Wildman–Crippen MR) is 72.1 cm³/mol. The Labute approximate surface area is 102 Å². The minimum Gasteiger partial charge on any atom is -0.404 e. The second kappa shape index (κ2) is 5.01. The molecule has 1 aliphatic heterocycles. The van der Waals surface area contributed by atoms with Crippen LogP contribution in [0.2, 0.25) is 0 Å². The summed E-state index contributed by atoms with van der Waals surface area (Å²) in [6.07, 6.45) is 4.38. The number of nitrogens with two attached hydrogens (primary N) is 2. The number of aliphatic imine (C=N–C) groups is 1. The van der Waals surface area contributed by atoms with E-state index in [2.05, 4.69) is 28.1 Å². The SMILES string of the molecule is CN=C(C=CN)N1CCc2cc(CN)ccc21. The van der Waals surface area contributed by atoms with Gasteiger partial charge in [0.15, 0.2) is 0 Å². The van der Waals surface area contributed by atoms with Gasteiger partial charge >= 0.3 is 0 Å². The molecule has 0 atom stereocenters. The molecule has 0 fully saturated rings. The van der Waals surface area contributed by atoms with Crippen LogP contribution in [0.1, 0.15) is 11.1 Å². The van der Waals surface area contributed by atoms with Crippen molar-refractivity contribution in [2.45, 2.75) is 13.0 Å². The van der Waals surface area contributed by atoms with Crippen molar-refractivity contribution >= 4 is 11.5 Å². The maximum absolute atomic E-state index is 5.65. The van der Waals surface area contributed by atoms with Crippen LogP contribution in [0.3, 0.4) is 0 Å². The zero-order chi connectivity index (χ0) is 12.3. The zero-order valence-corrected chi connectivity index (χ0v) is 10.1. The van der Waals surface area contributed by atoms with Gasteiger partial charge in [0.1, 0.15) is 5.84 Å². The molecule has 17 heavy (non-hydrogen) atoms. The van der Waals surface area contributed by atoms with Crippen LogP contribution in [0, 0.1) is 0 Å². The van der Waals surface area contributed by atoms with Crippen molar-refractivity contribution in [2.75, 3.05) is 18.5 Å². The van der Waals surface area contributed by atoms with Gasteiger partial charge in [-0.25, -0.2) is 0 Å². The van der Waals surface area contributed by atoms with Gasteiger partial charge in [-0.1, -0.05) is 12.1 Å². The van der Waals surface area contributed by atoms with Crippen molar-refractivity contribution in [1.29, 1.82) is 0 Å². The number of fused-ring (bicyclic) bond motifs is 1. The standard InChI is InChI=1S/C13H18N4/c1-16-13(4-6-14)17-7-5-11-8-10(9-15)2-3-12(11)17/h2-4,6,8H,5,7,9,14-15H2,1H3. The maximum atomic E-state index is 5.65. The normalized spacial score (nSPS) is 15.6. The van der Waals surface area contributed by atoms with Gasteiger partial charge in [0.25, 0.3) is 0 Å². The topological polar surface area (TPSA) is 67.6 Å². The maximum Gasteiger partial charge on any atom is 0.129 e. The molecule has 90 valence electrons. The van der Waals surface area contributed by atoms with Crippen molar-refractivity contribution in [2.24, 2.45) is 16.5 Å². The molecule has 0 saturated carbocycles. The second-order valence-corrected chi connectivity index (χ2v) is 4.01. The number of rotatable bonds is 2. The Morgan fingerprint density at radius 2 is 2.35 bits per heavy atom. The summed E-state index contributed by atoms with van der Waals surface area (Å²) in [6.45, 7) is 1.53. The van der Waals surface area contributed by atoms with Crippen molar-refractivity contribution < 1.29 is 0 Å². The van der Waals surface area contributed by atoms with E-state index in [0.717, 1.165) is 18.8 Å². The summed E-state index contributed by atoms with van der Waals surface area (Å²) in [4.78, 5) is 6.43. The quantitative estimate of drug-likeness (QED) is 0.588. The van der Waals surface area contributed by atoms with Gasteiger partial charge in [-0.05, 0) is 35.9 Å². The van der Waals surface area contributed by atoms with Gasteiger partial charge in [0, 0.05) is 25.8 Å². The molecule has 0 amide bonds. The van der Waals surface area contributed by atoms with Crippen LogP contribution >= 0.6 is 0 Å². The average molecular weight is 230 g/mol. The first-order valence-electron chi connectivity index (χ1n) is 5.74. The van der Waals surface area contributed by atoms with E-state index in [-0.39, 0.29) is 0 Å². The van der Waals surface area contributed by atoms with E-state index in [0.29, 0.717) is 6.54 Å². The smallest absolute Gasteiger partial charge is 0.129 e. The Morgan fingerprint density at radius 1 is 1.53 bits per heavy atom. The monoisotopic (exact) mass is 230 g/mol. The first-order valence-corrected chi connectivity index (χ1v) is 5.74. The molecule has 1 aromatic carbocycles. The molecule has 0 saturated heterocycles. The fourth-order valence-electron chi connectivity index (χ4n) is 2.19. The van der Waals surface area contributed by atoms with Crippen LogP contribution in [-0.4, -0.2) is 19.4 Å². The Morgan fingerprint density at radius 3 is 3.00 bits per heavy atom. The van der Waals surface area contributed by atoms with E-state index in [1.165, 1.54) is 23.0 Å². The van der Waals surface area contributed by atoms with Crippen molar-refractivity contribution in [3.8, 4) is 0 Å². The van der Waals surface area contributed by atoms with E-state index < -0.39 is 0 Å². The average Bonchev–Trinajstić information content (AvgIpc) is 2.78. The molecule has 4 nitrogen and oxygen atoms in total. The van der Waals surface area contributed by atoms with Gasteiger partial charge < -0.3 is 16.4 Å². The second-order valence-electron chi connectivity index (χ2n) is 4.01. The molecule has 1 heterocycles. The third kappa shape index (κ3) is 2.17. The lowest BCUT2D eigenvalue weighted by atomic mass is 10.1. The summed E-state index contributed by atoms with van der Waals surface area (Å²) in [5.74, 6) is 0.895. The Balaban J connectivity index is 2.34. The first kappa shape index (κ1) is 11.7. The fourth-order valence-corrected chi connectivity index (χ4v) is 2.19. The summed E-state index contributed by atoms with van der Waals surface area (Å²) in [5.41, 5.74) is 14.8. The van der Waals surface area contributed by atoms with E-state index in [4.69, 9.17) is 11.5 Å². The molecule has 0 bridgehead atoms. The molecule has 0 aromatic heterocycles. The van der Waals surface area contributed by atoms with E-state index in [1.54, 1.807) is 7.05 Å². The molecular weight excluding hydrogens is 212 g/mol. The van der Waals surface area contributed by atoms with E-state index >= 15 is 0 Å². The molecule has 0 aliphatic carbocycles. The van der Waals surface area contributed by atoms with Crippen molar-refractivity contribution in [3.05, 3.63) is 41.6 Å². The summed E-state index contributed by atoms with van der Waals surface area (Å²) < 4.78 is 0. The predicted octanol–water partition coefficient (Wildman–Crippen LogP) is 1.01. The molecule has 1 aliphatic rings. The minimum atomic E-state index is 0.588. The van der Waals surface area contributed by atoms with Crippen LogP contribution in [0.4, 0.5) is 5.69 Å². The van der Waals surface area contributed by atoms with Crippen molar-refractivity contribution in [1.82, 2.24) is 0 Å². The molecule has 4 N–H and O–H groups in total. The Hall–Kier alpha value is -1.81. The van der Waals surface area contributed by atoms with Crippen LogP contribution in [-0.2, 0) is 13.0 Å². The third-order valence-electron chi connectivity index (χ3n) is 3.03. The van der Waals surface area contributed by atoms with Crippen LogP contribution in [0.15, 0.2) is 35.5 Å². The first-order chi connectivity index (χ1) is 8.30. The van der Waals surface area contributed by atoms with Crippen LogP contribution in [0.25, 0.3) is 0 Å². The summed E-state index contributed by atoms with van der Waals surface area (Å²) >= 11 is 0. The summed E-state index contributed by atoms with van der Waals surface area (Å²) in [5, 5.41) is 0. The molecular formula is C13H18N4. The molecule has 1 aromatic rings. The minimum absolute atomic E-state index is 0.588. The van der Waals surface area contributed by atoms with Crippen molar-refractivity contribution in [3.63, 3.8) is 0 Å². The van der Waals surface area contributed by atoms with Crippen LogP contribution in [0.5, 0.6) is 0 Å². The number of benzene rings is 1. The highest BCUT2D eigenvalue weighted by Crippen LogP contribution is 2.29. The number of amidine groups is 1. The lowest BCUT2D eigenvalue weighted by molar-refractivity contribution is 1.01. The lowest BCUT2D eigenvalue weighted by Gasteiger charge is -2.19. The van der Waals surface area contributed by atoms with Gasteiger partial charge in [-0.3, -0.25) is 4.99 Å². The van der Waals surface area contributed by atoms with Gasteiger partial charge in [0.2, 0.25) is 0 Å². The Kier molecular flexibility index (Phi) is 3.44. The highest BCUT2D eigenvalue weighted by atomic mass is 15.2. The van der Waals surface area contributed by atoms with Crippen LogP contribution < -0.4 is 16.4 Å². The fraction of sp³-hybridized carbons (Fsp3) is 0.308. The molecule has 4 heteroatoms. The highest BCUT2D eigenvalue weighted by Gasteiger charge is 2.21. The number of hydrogen-bond acceptors (Lipinski definition) is 3.